The van der Waals surface area contributed by atoms with Crippen molar-refractivity contribution in [2.45, 2.75) is 63.2 Å². The van der Waals surface area contributed by atoms with Crippen LogP contribution >= 0.6 is 24.8 Å². The van der Waals surface area contributed by atoms with E-state index in [0.717, 1.165) is 38.6 Å². The van der Waals surface area contributed by atoms with Crippen LogP contribution in [0.1, 0.15) is 51.9 Å². The van der Waals surface area contributed by atoms with Crippen molar-refractivity contribution in [1.29, 1.82) is 0 Å². The van der Waals surface area contributed by atoms with Gasteiger partial charge in [-0.3, -0.25) is 4.79 Å². The highest BCUT2D eigenvalue weighted by Crippen LogP contribution is 2.35. The highest BCUT2D eigenvalue weighted by atomic mass is 35.5. The Bertz CT molecular complexity index is 238. The standard InChI is InChI=1S/C12H24BNO2.2ClH/c1-2-3-7-12(13,11(15)16)8-6-10-5-4-9-14-10;;/h10,14H,2-9,13H2,1H3,(H,15,16);2*1H/t10-,12?;;/m0../s1. The number of unbranched alkanes of at least 4 members (excludes halogenated alkanes) is 1. The summed E-state index contributed by atoms with van der Waals surface area (Å²) in [5.74, 6) is -0.626. The molecule has 1 aliphatic rings. The quantitative estimate of drug-likeness (QED) is 0.710. The van der Waals surface area contributed by atoms with Crippen LogP contribution in [-0.2, 0) is 4.79 Å². The normalized spacial score (nSPS) is 21.5. The molecule has 0 aliphatic carbocycles. The molecule has 0 aromatic heterocycles. The first kappa shape index (κ1) is 20.4. The van der Waals surface area contributed by atoms with Crippen LogP contribution in [0.4, 0.5) is 0 Å². The molecule has 0 saturated carbocycles. The maximum atomic E-state index is 11.3. The molecule has 1 fully saturated rings. The summed E-state index contributed by atoms with van der Waals surface area (Å²) in [7, 11) is 1.90. The van der Waals surface area contributed by atoms with Gasteiger partial charge in [0, 0.05) is 11.4 Å². The number of carboxylic acids is 1. The number of rotatable bonds is 7. The lowest BCUT2D eigenvalue weighted by atomic mass is 9.62. The molecule has 0 amide bonds. The minimum Gasteiger partial charge on any atom is -0.481 e. The van der Waals surface area contributed by atoms with Crippen LogP contribution in [-0.4, -0.2) is 31.5 Å². The number of halogens is 2. The zero-order valence-electron chi connectivity index (χ0n) is 11.4. The Balaban J connectivity index is 0. The second-order valence-electron chi connectivity index (χ2n) is 5.30. The maximum absolute atomic E-state index is 11.3. The second kappa shape index (κ2) is 9.93. The number of carboxylic acid groups (broad SMARTS) is 1. The molecule has 0 radical (unpaired) electrons. The van der Waals surface area contributed by atoms with Gasteiger partial charge in [-0.15, -0.1) is 24.8 Å². The predicted molar refractivity (Wildman–Crippen MR) is 83.2 cm³/mol. The van der Waals surface area contributed by atoms with Gasteiger partial charge in [-0.1, -0.05) is 19.8 Å². The maximum Gasteiger partial charge on any atom is 0.301 e. The van der Waals surface area contributed by atoms with Crippen molar-refractivity contribution >= 4 is 38.6 Å². The van der Waals surface area contributed by atoms with Gasteiger partial charge in [0.1, 0.15) is 7.85 Å². The minimum atomic E-state index is -0.626. The number of aliphatic carboxylic acids is 1. The van der Waals surface area contributed by atoms with Gasteiger partial charge in [-0.05, 0) is 38.6 Å². The van der Waals surface area contributed by atoms with Gasteiger partial charge in [0.05, 0.1) is 0 Å². The summed E-state index contributed by atoms with van der Waals surface area (Å²) in [6, 6.07) is 0.556. The minimum absolute atomic E-state index is 0. The van der Waals surface area contributed by atoms with Gasteiger partial charge in [-0.25, -0.2) is 0 Å². The lowest BCUT2D eigenvalue weighted by Crippen LogP contribution is -2.28. The molecule has 1 aliphatic heterocycles. The Morgan fingerprint density at radius 2 is 2.11 bits per heavy atom. The molecule has 6 heteroatoms. The fraction of sp³-hybridized carbons (Fsp3) is 0.917. The lowest BCUT2D eigenvalue weighted by molar-refractivity contribution is -0.141. The third kappa shape index (κ3) is 6.30. The van der Waals surface area contributed by atoms with Gasteiger partial charge >= 0.3 is 5.97 Å². The van der Waals surface area contributed by atoms with Crippen LogP contribution in [0.25, 0.3) is 0 Å². The number of nitrogens with one attached hydrogen (secondary N) is 1. The van der Waals surface area contributed by atoms with Crippen molar-refractivity contribution in [2.24, 2.45) is 0 Å². The van der Waals surface area contributed by atoms with Gasteiger partial charge in [0.15, 0.2) is 0 Å². The Morgan fingerprint density at radius 1 is 1.44 bits per heavy atom. The van der Waals surface area contributed by atoms with Crippen molar-refractivity contribution in [3.8, 4) is 0 Å². The molecular formula is C12H26BCl2NO2. The summed E-state index contributed by atoms with van der Waals surface area (Å²) in [4.78, 5) is 11.3. The summed E-state index contributed by atoms with van der Waals surface area (Å²) >= 11 is 0. The molecule has 1 unspecified atom stereocenters. The van der Waals surface area contributed by atoms with Crippen LogP contribution in [0.3, 0.4) is 0 Å². The van der Waals surface area contributed by atoms with Crippen LogP contribution in [0, 0.1) is 0 Å². The van der Waals surface area contributed by atoms with Crippen LogP contribution in [0.15, 0.2) is 0 Å². The Morgan fingerprint density at radius 3 is 2.56 bits per heavy atom. The molecule has 0 aromatic rings. The van der Waals surface area contributed by atoms with Crippen molar-refractivity contribution in [3.05, 3.63) is 0 Å². The molecule has 3 nitrogen and oxygen atoms in total. The lowest BCUT2D eigenvalue weighted by Gasteiger charge is -2.26. The second-order valence-corrected chi connectivity index (χ2v) is 5.30. The van der Waals surface area contributed by atoms with E-state index >= 15 is 0 Å². The van der Waals surface area contributed by atoms with E-state index in [2.05, 4.69) is 12.2 Å². The Labute approximate surface area is 124 Å². The Hall–Kier alpha value is 0.0749. The molecule has 0 spiro atoms. The molecule has 1 heterocycles. The number of hydrogen-bond donors (Lipinski definition) is 2. The fourth-order valence-electron chi connectivity index (χ4n) is 2.40. The number of carbonyl (C=O) groups is 1. The molecule has 0 bridgehead atoms. The third-order valence-corrected chi connectivity index (χ3v) is 3.81. The van der Waals surface area contributed by atoms with Crippen molar-refractivity contribution < 1.29 is 9.90 Å². The van der Waals surface area contributed by atoms with E-state index in [1.807, 2.05) is 7.85 Å². The van der Waals surface area contributed by atoms with E-state index in [9.17, 15) is 9.90 Å². The molecule has 1 saturated heterocycles. The van der Waals surface area contributed by atoms with Gasteiger partial charge in [-0.2, -0.15) is 0 Å². The fourth-order valence-corrected chi connectivity index (χ4v) is 2.40. The third-order valence-electron chi connectivity index (χ3n) is 3.81. The van der Waals surface area contributed by atoms with Crippen LogP contribution in [0.5, 0.6) is 0 Å². The molecule has 18 heavy (non-hydrogen) atoms. The van der Waals surface area contributed by atoms with Gasteiger partial charge in [0.25, 0.3) is 0 Å². The SMILES string of the molecule is BC(CCCC)(CC[C@@H]1CCCN1)C(=O)O.Cl.Cl. The monoisotopic (exact) mass is 297 g/mol. The summed E-state index contributed by atoms with van der Waals surface area (Å²) < 4.78 is 0. The predicted octanol–water partition coefficient (Wildman–Crippen LogP) is 2.43. The van der Waals surface area contributed by atoms with E-state index in [0.29, 0.717) is 6.04 Å². The zero-order chi connectivity index (χ0) is 12.0. The summed E-state index contributed by atoms with van der Waals surface area (Å²) in [5, 5.41) is 12.2. The van der Waals surface area contributed by atoms with Crippen LogP contribution in [0.2, 0.25) is 5.31 Å². The van der Waals surface area contributed by atoms with Gasteiger partial charge < -0.3 is 10.4 Å². The van der Waals surface area contributed by atoms with Crippen molar-refractivity contribution in [3.63, 3.8) is 0 Å². The van der Waals surface area contributed by atoms with Gasteiger partial charge in [0.2, 0.25) is 0 Å². The Kier molecular flexibility index (Phi) is 11.3. The van der Waals surface area contributed by atoms with Crippen LogP contribution < -0.4 is 5.32 Å². The van der Waals surface area contributed by atoms with Crippen molar-refractivity contribution in [2.75, 3.05) is 6.54 Å². The first-order valence-electron chi connectivity index (χ1n) is 6.55. The largest absolute Gasteiger partial charge is 0.481 e. The molecule has 108 valence electrons. The molecule has 2 atom stereocenters. The molecule has 2 N–H and O–H groups in total. The van der Waals surface area contributed by atoms with E-state index in [4.69, 9.17) is 0 Å². The molecule has 0 aromatic carbocycles. The summed E-state index contributed by atoms with van der Waals surface area (Å²) in [6.45, 7) is 3.21. The van der Waals surface area contributed by atoms with Crippen molar-refractivity contribution in [1.82, 2.24) is 5.32 Å². The van der Waals surface area contributed by atoms with E-state index < -0.39 is 11.3 Å². The average Bonchev–Trinajstić information content (AvgIpc) is 2.76. The summed E-state index contributed by atoms with van der Waals surface area (Å²) in [6.07, 6.45) is 7.16. The average molecular weight is 298 g/mol. The first-order chi connectivity index (χ1) is 7.58. The smallest absolute Gasteiger partial charge is 0.301 e. The van der Waals surface area contributed by atoms with E-state index in [-0.39, 0.29) is 24.8 Å². The molecular weight excluding hydrogens is 272 g/mol. The first-order valence-corrected chi connectivity index (χ1v) is 6.55. The topological polar surface area (TPSA) is 49.3 Å². The highest BCUT2D eigenvalue weighted by Gasteiger charge is 2.32. The number of hydrogen-bond acceptors (Lipinski definition) is 2. The highest BCUT2D eigenvalue weighted by molar-refractivity contribution is 6.26. The molecule has 1 rings (SSSR count). The van der Waals surface area contributed by atoms with E-state index in [1.165, 1.54) is 12.8 Å². The summed E-state index contributed by atoms with van der Waals surface area (Å²) in [5.41, 5.74) is 0. The zero-order valence-corrected chi connectivity index (χ0v) is 13.0. The van der Waals surface area contributed by atoms with E-state index in [1.54, 1.807) is 0 Å².